The third-order valence-electron chi connectivity index (χ3n) is 3.42. The minimum absolute atomic E-state index is 0.327. The van der Waals surface area contributed by atoms with Gasteiger partial charge in [-0.2, -0.15) is 0 Å². The Morgan fingerprint density at radius 1 is 1.50 bits per heavy atom. The molecule has 0 aromatic heterocycles. The Kier molecular flexibility index (Phi) is 4.87. The van der Waals surface area contributed by atoms with E-state index in [0.717, 1.165) is 48.8 Å². The predicted octanol–water partition coefficient (Wildman–Crippen LogP) is 2.80. The zero-order chi connectivity index (χ0) is 13.0. The lowest BCUT2D eigenvalue weighted by atomic mass is 10.0. The van der Waals surface area contributed by atoms with E-state index in [9.17, 15) is 0 Å². The van der Waals surface area contributed by atoms with Gasteiger partial charge in [0.15, 0.2) is 0 Å². The van der Waals surface area contributed by atoms with Gasteiger partial charge in [-0.1, -0.05) is 17.7 Å². The van der Waals surface area contributed by atoms with Gasteiger partial charge in [0.1, 0.15) is 0 Å². The minimum atomic E-state index is 0.327. The fraction of sp³-hybridized carbons (Fsp3) is 0.571. The number of nitrogens with zero attached hydrogens (tertiary/aromatic N) is 1. The molecule has 2 N–H and O–H groups in total. The van der Waals surface area contributed by atoms with Crippen molar-refractivity contribution in [2.75, 3.05) is 24.6 Å². The maximum absolute atomic E-state index is 6.21. The number of rotatable bonds is 4. The second-order valence-electron chi connectivity index (χ2n) is 4.61. The predicted molar refractivity (Wildman–Crippen MR) is 76.2 cm³/mol. The molecule has 1 saturated heterocycles. The van der Waals surface area contributed by atoms with Crippen LogP contribution in [-0.2, 0) is 11.3 Å². The molecule has 100 valence electrons. The van der Waals surface area contributed by atoms with E-state index < -0.39 is 0 Å². The molecule has 0 spiro atoms. The summed E-state index contributed by atoms with van der Waals surface area (Å²) >= 11 is 6.21. The summed E-state index contributed by atoms with van der Waals surface area (Å²) in [6, 6.07) is 5.99. The molecular formula is C14H21ClN2O. The number of benzene rings is 1. The summed E-state index contributed by atoms with van der Waals surface area (Å²) in [6.45, 7) is 5.28. The number of hydrogen-bond donors (Lipinski definition) is 1. The molecule has 1 aromatic rings. The van der Waals surface area contributed by atoms with Crippen LogP contribution in [0.15, 0.2) is 18.2 Å². The van der Waals surface area contributed by atoms with Crippen LogP contribution >= 0.6 is 11.6 Å². The van der Waals surface area contributed by atoms with E-state index >= 15 is 0 Å². The van der Waals surface area contributed by atoms with Gasteiger partial charge in [0.25, 0.3) is 0 Å². The first-order valence-corrected chi connectivity index (χ1v) is 6.98. The fourth-order valence-corrected chi connectivity index (χ4v) is 2.82. The number of halogens is 1. The summed E-state index contributed by atoms with van der Waals surface area (Å²) in [7, 11) is 0. The minimum Gasteiger partial charge on any atom is -0.377 e. The smallest absolute Gasteiger partial charge is 0.0750 e. The normalized spacial score (nSPS) is 20.2. The molecular weight excluding hydrogens is 248 g/mol. The molecule has 4 heteroatoms. The van der Waals surface area contributed by atoms with Gasteiger partial charge in [-0.3, -0.25) is 0 Å². The zero-order valence-corrected chi connectivity index (χ0v) is 11.6. The lowest BCUT2D eigenvalue weighted by Crippen LogP contribution is -2.40. The molecule has 18 heavy (non-hydrogen) atoms. The molecule has 1 aromatic carbocycles. The third-order valence-corrected chi connectivity index (χ3v) is 3.77. The highest BCUT2D eigenvalue weighted by Crippen LogP contribution is 2.29. The first-order valence-electron chi connectivity index (χ1n) is 6.60. The van der Waals surface area contributed by atoms with Crippen molar-refractivity contribution in [2.24, 2.45) is 5.73 Å². The number of hydrogen-bond acceptors (Lipinski definition) is 3. The first kappa shape index (κ1) is 13.7. The number of nitrogens with two attached hydrogens (primary N) is 1. The average molecular weight is 269 g/mol. The van der Waals surface area contributed by atoms with Gasteiger partial charge in [-0.25, -0.2) is 0 Å². The van der Waals surface area contributed by atoms with Gasteiger partial charge in [-0.15, -0.1) is 0 Å². The second kappa shape index (κ2) is 6.41. The molecule has 1 aliphatic heterocycles. The molecule has 0 saturated carbocycles. The highest BCUT2D eigenvalue weighted by atomic mass is 35.5. The molecule has 0 aliphatic carbocycles. The van der Waals surface area contributed by atoms with E-state index in [2.05, 4.69) is 11.0 Å². The van der Waals surface area contributed by atoms with Gasteiger partial charge < -0.3 is 15.4 Å². The van der Waals surface area contributed by atoms with Gasteiger partial charge in [-0.05, 0) is 31.9 Å². The summed E-state index contributed by atoms with van der Waals surface area (Å²) < 4.78 is 5.73. The van der Waals surface area contributed by atoms with Gasteiger partial charge in [0.2, 0.25) is 0 Å². The average Bonchev–Trinajstić information content (AvgIpc) is 2.39. The van der Waals surface area contributed by atoms with Crippen molar-refractivity contribution in [1.29, 1.82) is 0 Å². The summed E-state index contributed by atoms with van der Waals surface area (Å²) in [6.07, 6.45) is 2.62. The number of anilines is 1. The van der Waals surface area contributed by atoms with Crippen LogP contribution in [-0.4, -0.2) is 25.8 Å². The Labute approximate surface area is 114 Å². The summed E-state index contributed by atoms with van der Waals surface area (Å²) in [5.74, 6) is 0. The maximum Gasteiger partial charge on any atom is 0.0750 e. The van der Waals surface area contributed by atoms with Crippen LogP contribution in [0.3, 0.4) is 0 Å². The SMILES string of the molecule is CCOC1CCCN(c2cccc(Cl)c2CN)C1. The Morgan fingerprint density at radius 3 is 3.06 bits per heavy atom. The molecule has 1 fully saturated rings. The third kappa shape index (κ3) is 2.97. The van der Waals surface area contributed by atoms with Crippen LogP contribution in [0.2, 0.25) is 5.02 Å². The Balaban J connectivity index is 2.18. The monoisotopic (exact) mass is 268 g/mol. The lowest BCUT2D eigenvalue weighted by molar-refractivity contribution is 0.0526. The van der Waals surface area contributed by atoms with Crippen molar-refractivity contribution in [1.82, 2.24) is 0 Å². The molecule has 0 bridgehead atoms. The van der Waals surface area contributed by atoms with Crippen LogP contribution in [0.1, 0.15) is 25.3 Å². The van der Waals surface area contributed by atoms with Crippen molar-refractivity contribution >= 4 is 17.3 Å². The molecule has 1 atom stereocenters. The van der Waals surface area contributed by atoms with E-state index in [4.69, 9.17) is 22.1 Å². The highest BCUT2D eigenvalue weighted by molar-refractivity contribution is 6.31. The Morgan fingerprint density at radius 2 is 2.33 bits per heavy atom. The lowest BCUT2D eigenvalue weighted by Gasteiger charge is -2.35. The summed E-state index contributed by atoms with van der Waals surface area (Å²) in [4.78, 5) is 2.35. The van der Waals surface area contributed by atoms with Crippen molar-refractivity contribution in [2.45, 2.75) is 32.4 Å². The van der Waals surface area contributed by atoms with Gasteiger partial charge in [0.05, 0.1) is 6.10 Å². The summed E-state index contributed by atoms with van der Waals surface area (Å²) in [5, 5.41) is 0.758. The molecule has 1 aliphatic rings. The van der Waals surface area contributed by atoms with E-state index in [1.54, 1.807) is 0 Å². The molecule has 1 unspecified atom stereocenters. The molecule has 0 amide bonds. The topological polar surface area (TPSA) is 38.5 Å². The maximum atomic E-state index is 6.21. The van der Waals surface area contributed by atoms with Crippen molar-refractivity contribution < 1.29 is 4.74 Å². The second-order valence-corrected chi connectivity index (χ2v) is 5.01. The van der Waals surface area contributed by atoms with Crippen molar-refractivity contribution in [3.05, 3.63) is 28.8 Å². The molecule has 2 rings (SSSR count). The van der Waals surface area contributed by atoms with Crippen molar-refractivity contribution in [3.8, 4) is 0 Å². The van der Waals surface area contributed by atoms with E-state index in [0.29, 0.717) is 12.6 Å². The van der Waals surface area contributed by atoms with Crippen LogP contribution in [0.4, 0.5) is 5.69 Å². The first-order chi connectivity index (χ1) is 8.76. The van der Waals surface area contributed by atoms with Crippen LogP contribution < -0.4 is 10.6 Å². The summed E-state index contributed by atoms with van der Waals surface area (Å²) in [5.41, 5.74) is 8.01. The van der Waals surface area contributed by atoms with Gasteiger partial charge in [0, 0.05) is 42.5 Å². The molecule has 1 heterocycles. The number of ether oxygens (including phenoxy) is 1. The van der Waals surface area contributed by atoms with E-state index in [1.165, 1.54) is 0 Å². The van der Waals surface area contributed by atoms with Gasteiger partial charge >= 0.3 is 0 Å². The Hall–Kier alpha value is -0.770. The molecule has 0 radical (unpaired) electrons. The van der Waals surface area contributed by atoms with E-state index in [-0.39, 0.29) is 0 Å². The largest absolute Gasteiger partial charge is 0.377 e. The standard InChI is InChI=1S/C14H21ClN2O/c1-2-18-11-5-4-8-17(10-11)14-7-3-6-13(15)12(14)9-16/h3,6-7,11H,2,4-5,8-10,16H2,1H3. The Bertz CT molecular complexity index is 395. The van der Waals surface area contributed by atoms with Crippen LogP contribution in [0, 0.1) is 0 Å². The zero-order valence-electron chi connectivity index (χ0n) is 10.9. The highest BCUT2D eigenvalue weighted by Gasteiger charge is 2.22. The number of piperidine rings is 1. The quantitative estimate of drug-likeness (QED) is 0.913. The fourth-order valence-electron chi connectivity index (χ4n) is 2.57. The van der Waals surface area contributed by atoms with Crippen LogP contribution in [0.5, 0.6) is 0 Å². The van der Waals surface area contributed by atoms with Crippen LogP contribution in [0.25, 0.3) is 0 Å². The van der Waals surface area contributed by atoms with Crippen molar-refractivity contribution in [3.63, 3.8) is 0 Å². The molecule has 3 nitrogen and oxygen atoms in total. The van der Waals surface area contributed by atoms with E-state index in [1.807, 2.05) is 19.1 Å².